The summed E-state index contributed by atoms with van der Waals surface area (Å²) in [5.74, 6) is 0. The molecule has 0 N–H and O–H groups in total. The molecule has 0 saturated carbocycles. The summed E-state index contributed by atoms with van der Waals surface area (Å²) in [5.41, 5.74) is 3.19. The summed E-state index contributed by atoms with van der Waals surface area (Å²) in [4.78, 5) is 3.13. The zero-order valence-corrected chi connectivity index (χ0v) is 18.7. The molecule has 146 valence electrons. The van der Waals surface area contributed by atoms with Crippen molar-refractivity contribution in [1.82, 2.24) is 0 Å². The lowest BCUT2D eigenvalue weighted by molar-refractivity contribution is 0.607. The lowest BCUT2D eigenvalue weighted by atomic mass is 10.0. The van der Waals surface area contributed by atoms with Gasteiger partial charge < -0.3 is 0 Å². The van der Waals surface area contributed by atoms with Gasteiger partial charge in [0.05, 0.1) is 0 Å². The second kappa shape index (κ2) is 13.6. The average molecular weight is 391 g/mol. The van der Waals surface area contributed by atoms with E-state index in [1.165, 1.54) is 89.9 Å². The van der Waals surface area contributed by atoms with Crippen molar-refractivity contribution in [2.45, 2.75) is 104 Å². The summed E-state index contributed by atoms with van der Waals surface area (Å²) in [5, 5.41) is 4.60. The third-order valence-electron chi connectivity index (χ3n) is 5.30. The van der Waals surface area contributed by atoms with Crippen molar-refractivity contribution in [2.75, 3.05) is 0 Å². The number of unbranched alkanes of at least 4 members (excludes halogenated alkanes) is 10. The van der Waals surface area contributed by atoms with Gasteiger partial charge in [-0.3, -0.25) is 0 Å². The van der Waals surface area contributed by atoms with Gasteiger partial charge in [-0.1, -0.05) is 78.1 Å². The van der Waals surface area contributed by atoms with Crippen molar-refractivity contribution in [1.29, 1.82) is 0 Å². The zero-order chi connectivity index (χ0) is 18.5. The molecular formula is C24H38S2. The van der Waals surface area contributed by atoms with Gasteiger partial charge in [-0.05, 0) is 59.7 Å². The molecule has 0 aliphatic heterocycles. The van der Waals surface area contributed by atoms with Crippen LogP contribution in [0.4, 0.5) is 0 Å². The van der Waals surface area contributed by atoms with Crippen LogP contribution in [0.25, 0.3) is 9.75 Å². The van der Waals surface area contributed by atoms with E-state index in [-0.39, 0.29) is 0 Å². The summed E-state index contributed by atoms with van der Waals surface area (Å²) < 4.78 is 0. The van der Waals surface area contributed by atoms with Crippen LogP contribution >= 0.6 is 22.7 Å². The predicted molar refractivity (Wildman–Crippen MR) is 122 cm³/mol. The SMILES string of the molecule is CCCCCCCCc1ccsc1-c1sccc1CCCCCCCC. The molecule has 0 amide bonds. The maximum absolute atomic E-state index is 2.38. The van der Waals surface area contributed by atoms with Crippen LogP contribution in [0.1, 0.15) is 102 Å². The highest BCUT2D eigenvalue weighted by Gasteiger charge is 2.12. The molecule has 0 fully saturated rings. The van der Waals surface area contributed by atoms with Gasteiger partial charge in [-0.2, -0.15) is 0 Å². The molecule has 2 heterocycles. The van der Waals surface area contributed by atoms with Crippen molar-refractivity contribution in [3.8, 4) is 9.75 Å². The van der Waals surface area contributed by atoms with Crippen molar-refractivity contribution in [2.24, 2.45) is 0 Å². The minimum atomic E-state index is 1.26. The molecule has 0 aromatic carbocycles. The lowest BCUT2D eigenvalue weighted by Crippen LogP contribution is -1.89. The highest BCUT2D eigenvalue weighted by Crippen LogP contribution is 2.37. The molecule has 2 rings (SSSR count). The van der Waals surface area contributed by atoms with E-state index >= 15 is 0 Å². The second-order valence-corrected chi connectivity index (χ2v) is 9.42. The van der Waals surface area contributed by atoms with Crippen LogP contribution in [0.15, 0.2) is 22.9 Å². The molecule has 2 aromatic rings. The summed E-state index contributed by atoms with van der Waals surface area (Å²) in [6, 6.07) is 4.75. The van der Waals surface area contributed by atoms with Crippen LogP contribution < -0.4 is 0 Å². The standard InChI is InChI=1S/C24H38S2/c1-3-5-7-9-11-13-15-21-17-19-25-23(21)24-22(18-20-26-24)16-14-12-10-8-6-4-2/h17-20H,3-16H2,1-2H3. The smallest absolute Gasteiger partial charge is 0.0477 e. The third-order valence-corrected chi connectivity index (χ3v) is 7.38. The molecule has 0 unspecified atom stereocenters. The number of rotatable bonds is 15. The van der Waals surface area contributed by atoms with Gasteiger partial charge in [-0.15, -0.1) is 22.7 Å². The molecule has 0 spiro atoms. The van der Waals surface area contributed by atoms with Gasteiger partial charge >= 0.3 is 0 Å². The van der Waals surface area contributed by atoms with Gasteiger partial charge in [0.1, 0.15) is 0 Å². The first-order valence-corrected chi connectivity index (χ1v) is 12.8. The Kier molecular flexibility index (Phi) is 11.3. The summed E-state index contributed by atoms with van der Waals surface area (Å²) in [6.07, 6.45) is 19.2. The summed E-state index contributed by atoms with van der Waals surface area (Å²) in [7, 11) is 0. The average Bonchev–Trinajstić information content (AvgIpc) is 3.29. The molecule has 0 saturated heterocycles. The maximum Gasteiger partial charge on any atom is 0.0477 e. The van der Waals surface area contributed by atoms with E-state index in [0.29, 0.717) is 0 Å². The van der Waals surface area contributed by atoms with Crippen molar-refractivity contribution < 1.29 is 0 Å². The largest absolute Gasteiger partial charge is 0.143 e. The van der Waals surface area contributed by atoms with Gasteiger partial charge in [0, 0.05) is 9.75 Å². The quantitative estimate of drug-likeness (QED) is 0.266. The fourth-order valence-corrected chi connectivity index (χ4v) is 5.80. The molecule has 2 heteroatoms. The zero-order valence-electron chi connectivity index (χ0n) is 17.0. The first-order chi connectivity index (χ1) is 12.9. The van der Waals surface area contributed by atoms with E-state index in [2.05, 4.69) is 36.7 Å². The molecule has 0 aliphatic carbocycles. The maximum atomic E-state index is 2.38. The predicted octanol–water partition coefficient (Wildman–Crippen LogP) is 9.28. The first-order valence-electron chi connectivity index (χ1n) is 11.0. The number of thiophene rings is 2. The first kappa shape index (κ1) is 21.7. The van der Waals surface area contributed by atoms with Crippen molar-refractivity contribution in [3.63, 3.8) is 0 Å². The van der Waals surface area contributed by atoms with E-state index in [1.807, 2.05) is 22.7 Å². The molecule has 0 nitrogen and oxygen atoms in total. The van der Waals surface area contributed by atoms with Crippen LogP contribution in [-0.2, 0) is 12.8 Å². The van der Waals surface area contributed by atoms with E-state index in [0.717, 1.165) is 0 Å². The summed E-state index contributed by atoms with van der Waals surface area (Å²) in [6.45, 7) is 4.59. The van der Waals surface area contributed by atoms with E-state index in [4.69, 9.17) is 0 Å². The van der Waals surface area contributed by atoms with E-state index in [9.17, 15) is 0 Å². The van der Waals surface area contributed by atoms with Crippen LogP contribution in [-0.4, -0.2) is 0 Å². The molecule has 2 aromatic heterocycles. The van der Waals surface area contributed by atoms with E-state index < -0.39 is 0 Å². The van der Waals surface area contributed by atoms with Crippen LogP contribution in [0.5, 0.6) is 0 Å². The minimum absolute atomic E-state index is 1.26. The Morgan fingerprint density at radius 1 is 0.538 bits per heavy atom. The highest BCUT2D eigenvalue weighted by atomic mass is 32.1. The van der Waals surface area contributed by atoms with Crippen molar-refractivity contribution >= 4 is 22.7 Å². The van der Waals surface area contributed by atoms with Gasteiger partial charge in [0.15, 0.2) is 0 Å². The molecule has 0 bridgehead atoms. The normalized spacial score (nSPS) is 11.3. The van der Waals surface area contributed by atoms with Crippen molar-refractivity contribution in [3.05, 3.63) is 34.0 Å². The molecular weight excluding hydrogens is 352 g/mol. The Morgan fingerprint density at radius 3 is 1.35 bits per heavy atom. The monoisotopic (exact) mass is 390 g/mol. The van der Waals surface area contributed by atoms with Gasteiger partial charge in [0.25, 0.3) is 0 Å². The molecule has 0 atom stereocenters. The number of hydrogen-bond acceptors (Lipinski definition) is 2. The van der Waals surface area contributed by atoms with Gasteiger partial charge in [0.2, 0.25) is 0 Å². The van der Waals surface area contributed by atoms with Gasteiger partial charge in [-0.25, -0.2) is 0 Å². The fourth-order valence-electron chi connectivity index (χ4n) is 3.66. The number of aryl methyl sites for hydroxylation is 2. The minimum Gasteiger partial charge on any atom is -0.143 e. The summed E-state index contributed by atoms with van der Waals surface area (Å²) >= 11 is 3.91. The topological polar surface area (TPSA) is 0 Å². The Bertz CT molecular complexity index is 526. The Labute approximate surface area is 170 Å². The number of hydrogen-bond donors (Lipinski definition) is 0. The Hall–Kier alpha value is -0.600. The van der Waals surface area contributed by atoms with E-state index in [1.54, 1.807) is 20.9 Å². The molecule has 0 radical (unpaired) electrons. The van der Waals surface area contributed by atoms with Crippen LogP contribution in [0.3, 0.4) is 0 Å². The molecule has 0 aliphatic rings. The Morgan fingerprint density at radius 2 is 0.923 bits per heavy atom. The van der Waals surface area contributed by atoms with Crippen LogP contribution in [0.2, 0.25) is 0 Å². The highest BCUT2D eigenvalue weighted by molar-refractivity contribution is 7.20. The fraction of sp³-hybridized carbons (Fsp3) is 0.667. The third kappa shape index (κ3) is 7.56. The Balaban J connectivity index is 1.80. The molecule has 26 heavy (non-hydrogen) atoms. The van der Waals surface area contributed by atoms with Crippen LogP contribution in [0, 0.1) is 0 Å². The second-order valence-electron chi connectivity index (χ2n) is 7.59. The lowest BCUT2D eigenvalue weighted by Gasteiger charge is -2.07.